The second kappa shape index (κ2) is 15.4. The van der Waals surface area contributed by atoms with Crippen molar-refractivity contribution < 1.29 is 79.2 Å². The fourth-order valence-corrected chi connectivity index (χ4v) is 4.96. The molecule has 46 heavy (non-hydrogen) atoms. The number of aliphatic hydroxyl groups excluding tert-OH is 5. The molecule has 2 fully saturated rings. The highest BCUT2D eigenvalue weighted by Gasteiger charge is 2.52. The Kier molecular flexibility index (Phi) is 11.8. The molecule has 0 aliphatic carbocycles. The third kappa shape index (κ3) is 8.05. The first-order valence-corrected chi connectivity index (χ1v) is 14.2. The molecule has 254 valence electrons. The van der Waals surface area contributed by atoms with E-state index in [1.165, 1.54) is 56.5 Å². The molecule has 0 radical (unpaired) electrons. The molecule has 0 amide bonds. The fourth-order valence-electron chi connectivity index (χ4n) is 4.96. The van der Waals surface area contributed by atoms with E-state index >= 15 is 0 Å². The number of carbonyl (C=O) groups excluding carboxylic acids is 1. The highest BCUT2D eigenvalue weighted by molar-refractivity contribution is 5.87. The lowest BCUT2D eigenvalue weighted by Gasteiger charge is -2.46. The Morgan fingerprint density at radius 3 is 2.15 bits per heavy atom. The van der Waals surface area contributed by atoms with Crippen LogP contribution in [-0.2, 0) is 33.2 Å². The number of hydrogen-bond acceptors (Lipinski definition) is 16. The summed E-state index contributed by atoms with van der Waals surface area (Å²) >= 11 is 0. The van der Waals surface area contributed by atoms with Crippen LogP contribution < -0.4 is 0 Å². The maximum atomic E-state index is 12.9. The molecule has 11 atom stereocenters. The predicted octanol–water partition coefficient (Wildman–Crippen LogP) is -0.871. The number of benzene rings is 2. The number of ether oxygens (including phenoxy) is 6. The lowest BCUT2D eigenvalue weighted by atomic mass is 9.97. The van der Waals surface area contributed by atoms with Gasteiger partial charge in [-0.05, 0) is 48.4 Å². The molecule has 1 unspecified atom stereocenters. The Morgan fingerprint density at radius 1 is 0.848 bits per heavy atom. The summed E-state index contributed by atoms with van der Waals surface area (Å²) in [4.78, 5) is 12.9. The van der Waals surface area contributed by atoms with Crippen molar-refractivity contribution in [2.24, 2.45) is 0 Å². The topological polar surface area (TPSA) is 255 Å². The number of methoxy groups -OCH3 is 1. The normalized spacial score (nSPS) is 32.3. The van der Waals surface area contributed by atoms with Gasteiger partial charge in [0.2, 0.25) is 0 Å². The quantitative estimate of drug-likeness (QED) is 0.0811. The summed E-state index contributed by atoms with van der Waals surface area (Å²) in [6.07, 6.45) is -14.1. The number of rotatable bonds is 11. The second-order valence-corrected chi connectivity index (χ2v) is 10.8. The summed E-state index contributed by atoms with van der Waals surface area (Å²) < 4.78 is 33.8. The second-order valence-electron chi connectivity index (χ2n) is 10.8. The number of aromatic hydroxyl groups is 4. The van der Waals surface area contributed by atoms with Gasteiger partial charge in [0.15, 0.2) is 41.7 Å². The van der Waals surface area contributed by atoms with Gasteiger partial charge in [0.1, 0.15) is 42.7 Å². The van der Waals surface area contributed by atoms with Gasteiger partial charge in [-0.1, -0.05) is 12.1 Å². The van der Waals surface area contributed by atoms with Crippen LogP contribution in [0, 0.1) is 0 Å². The first-order valence-electron chi connectivity index (χ1n) is 14.2. The molecule has 0 spiro atoms. The van der Waals surface area contributed by atoms with Gasteiger partial charge in [-0.3, -0.25) is 0 Å². The van der Waals surface area contributed by atoms with E-state index in [0.717, 1.165) is 6.08 Å². The van der Waals surface area contributed by atoms with Gasteiger partial charge in [0.05, 0.1) is 19.3 Å². The summed E-state index contributed by atoms with van der Waals surface area (Å²) in [6, 6.07) is 7.77. The molecule has 2 aliphatic heterocycles. The summed E-state index contributed by atoms with van der Waals surface area (Å²) in [5.74, 6) is -2.56. The minimum absolute atomic E-state index is 0.287. The number of phenolic OH excluding ortho intramolecular Hbond substituents is 4. The van der Waals surface area contributed by atoms with E-state index in [-0.39, 0.29) is 18.1 Å². The van der Waals surface area contributed by atoms with Crippen molar-refractivity contribution in [2.45, 2.75) is 74.4 Å². The van der Waals surface area contributed by atoms with Gasteiger partial charge < -0.3 is 74.4 Å². The molecule has 2 aliphatic rings. The SMILES string of the molecule is COC(CO[C@@H]1O[C@H](CO)[C@@H](OC(=O)/C=C/c2ccc(O)c(O)c2)[C@H](O[C@@H]2O[C@@H](C)[C@H](O)[C@@H](O)[C@H]2O)[C@H]1O)c1ccc(O)c(O)c1. The van der Waals surface area contributed by atoms with Gasteiger partial charge in [-0.2, -0.15) is 0 Å². The predicted molar refractivity (Wildman–Crippen MR) is 153 cm³/mol. The van der Waals surface area contributed by atoms with Crippen LogP contribution in [0.4, 0.5) is 0 Å². The fraction of sp³-hybridized carbons (Fsp3) is 0.500. The van der Waals surface area contributed by atoms with Crippen molar-refractivity contribution in [2.75, 3.05) is 20.3 Å². The molecule has 9 N–H and O–H groups in total. The molecular weight excluding hydrogens is 616 g/mol. The number of esters is 1. The van der Waals surface area contributed by atoms with Crippen molar-refractivity contribution in [3.8, 4) is 23.0 Å². The van der Waals surface area contributed by atoms with Gasteiger partial charge in [-0.25, -0.2) is 4.79 Å². The van der Waals surface area contributed by atoms with Crippen LogP contribution in [0.15, 0.2) is 42.5 Å². The van der Waals surface area contributed by atoms with Crippen LogP contribution in [0.25, 0.3) is 6.08 Å². The molecule has 0 aromatic heterocycles. The molecule has 2 heterocycles. The first-order chi connectivity index (χ1) is 21.8. The molecular formula is C30H38O16. The minimum atomic E-state index is -1.80. The smallest absolute Gasteiger partial charge is 0.331 e. The lowest BCUT2D eigenvalue weighted by molar-refractivity contribution is -0.358. The number of aliphatic hydroxyl groups is 5. The molecule has 16 heteroatoms. The van der Waals surface area contributed by atoms with Crippen LogP contribution in [0.3, 0.4) is 0 Å². The van der Waals surface area contributed by atoms with Crippen molar-refractivity contribution in [1.82, 2.24) is 0 Å². The molecule has 0 saturated carbocycles. The van der Waals surface area contributed by atoms with Crippen molar-refractivity contribution >= 4 is 12.0 Å². The molecule has 2 saturated heterocycles. The Labute approximate surface area is 262 Å². The van der Waals surface area contributed by atoms with E-state index in [4.69, 9.17) is 28.4 Å². The Balaban J connectivity index is 1.56. The van der Waals surface area contributed by atoms with E-state index in [1.54, 1.807) is 0 Å². The van der Waals surface area contributed by atoms with Crippen LogP contribution in [0.5, 0.6) is 23.0 Å². The van der Waals surface area contributed by atoms with Crippen LogP contribution in [-0.4, -0.2) is 134 Å². The highest BCUT2D eigenvalue weighted by Crippen LogP contribution is 2.33. The van der Waals surface area contributed by atoms with Crippen LogP contribution >= 0.6 is 0 Å². The Hall–Kier alpha value is -3.55. The largest absolute Gasteiger partial charge is 0.504 e. The summed E-state index contributed by atoms with van der Waals surface area (Å²) in [7, 11) is 1.35. The van der Waals surface area contributed by atoms with Gasteiger partial charge in [0, 0.05) is 13.2 Å². The zero-order valence-electron chi connectivity index (χ0n) is 24.8. The summed E-state index contributed by atoms with van der Waals surface area (Å²) in [5.41, 5.74) is 0.720. The lowest BCUT2D eigenvalue weighted by Crippen LogP contribution is -2.65. The van der Waals surface area contributed by atoms with E-state index in [0.29, 0.717) is 11.1 Å². The third-order valence-corrected chi connectivity index (χ3v) is 7.63. The maximum Gasteiger partial charge on any atom is 0.331 e. The first kappa shape index (κ1) is 35.3. The van der Waals surface area contributed by atoms with E-state index in [1.807, 2.05) is 0 Å². The van der Waals surface area contributed by atoms with Crippen molar-refractivity contribution in [3.63, 3.8) is 0 Å². The average molecular weight is 655 g/mol. The van der Waals surface area contributed by atoms with Gasteiger partial charge in [-0.15, -0.1) is 0 Å². The zero-order valence-corrected chi connectivity index (χ0v) is 24.8. The number of hydrogen-bond donors (Lipinski definition) is 9. The zero-order chi connectivity index (χ0) is 33.7. The van der Waals surface area contributed by atoms with Crippen LogP contribution in [0.2, 0.25) is 0 Å². The maximum absolute atomic E-state index is 12.9. The van der Waals surface area contributed by atoms with Crippen molar-refractivity contribution in [1.29, 1.82) is 0 Å². The number of phenols is 4. The molecule has 2 aromatic rings. The summed E-state index contributed by atoms with van der Waals surface area (Å²) in [6.45, 7) is 0.351. The number of carbonyl (C=O) groups is 1. The standard InChI is InChI=1S/C30H38O16/c1-13-23(37)24(38)25(39)30(43-13)46-28-26(40)29(42-12-21(41-2)15-5-7-17(33)19(35)10-15)44-20(11-31)27(28)45-22(36)8-4-14-3-6-16(32)18(34)9-14/h3-10,13,20-21,23-35,37-40H,11-12H2,1-2H3/b8-4+/t13-,20+,21?,23-,24+,25+,26+,27+,28+,29+,30-/m0/s1. The van der Waals surface area contributed by atoms with Crippen molar-refractivity contribution in [3.05, 3.63) is 53.6 Å². The third-order valence-electron chi connectivity index (χ3n) is 7.63. The molecule has 16 nitrogen and oxygen atoms in total. The summed E-state index contributed by atoms with van der Waals surface area (Å²) in [5, 5.41) is 91.2. The highest BCUT2D eigenvalue weighted by atomic mass is 16.7. The van der Waals surface area contributed by atoms with E-state index in [2.05, 4.69) is 0 Å². The Morgan fingerprint density at radius 2 is 1.52 bits per heavy atom. The molecule has 2 aromatic carbocycles. The minimum Gasteiger partial charge on any atom is -0.504 e. The molecule has 0 bridgehead atoms. The average Bonchev–Trinajstić information content (AvgIpc) is 3.03. The van der Waals surface area contributed by atoms with Gasteiger partial charge >= 0.3 is 5.97 Å². The van der Waals surface area contributed by atoms with Crippen LogP contribution in [0.1, 0.15) is 24.2 Å². The van der Waals surface area contributed by atoms with Gasteiger partial charge in [0.25, 0.3) is 0 Å². The monoisotopic (exact) mass is 654 g/mol. The molecule has 4 rings (SSSR count). The Bertz CT molecular complexity index is 1350. The van der Waals surface area contributed by atoms with E-state index in [9.17, 15) is 50.8 Å². The van der Waals surface area contributed by atoms with E-state index < -0.39 is 91.6 Å².